The number of rotatable bonds is 2. The maximum Gasteiger partial charge on any atom is 0.310 e. The fourth-order valence-electron chi connectivity index (χ4n) is 2.51. The zero-order valence-corrected chi connectivity index (χ0v) is 10.2. The van der Waals surface area contributed by atoms with Crippen LogP contribution in [0.15, 0.2) is 0 Å². The Labute approximate surface area is 101 Å². The summed E-state index contributed by atoms with van der Waals surface area (Å²) in [7, 11) is 1.39. The van der Waals surface area contributed by atoms with Crippen LogP contribution in [-0.4, -0.2) is 49.7 Å². The maximum atomic E-state index is 12.1. The molecule has 0 spiro atoms. The van der Waals surface area contributed by atoms with Crippen molar-refractivity contribution >= 4 is 11.9 Å². The molecule has 2 atom stereocenters. The maximum absolute atomic E-state index is 12.1. The third-order valence-corrected chi connectivity index (χ3v) is 3.47. The van der Waals surface area contributed by atoms with Crippen molar-refractivity contribution < 1.29 is 19.1 Å². The van der Waals surface area contributed by atoms with Crippen molar-refractivity contribution in [2.45, 2.75) is 31.8 Å². The van der Waals surface area contributed by atoms with Crippen LogP contribution in [0.4, 0.5) is 0 Å². The predicted octanol–water partition coefficient (Wildman–Crippen LogP) is 0.577. The van der Waals surface area contributed by atoms with Crippen LogP contribution in [-0.2, 0) is 19.1 Å². The number of amides is 1. The molecule has 0 N–H and O–H groups in total. The van der Waals surface area contributed by atoms with Crippen molar-refractivity contribution in [1.29, 1.82) is 0 Å². The number of hydrogen-bond acceptors (Lipinski definition) is 4. The average Bonchev–Trinajstić information content (AvgIpc) is 2.91. The summed E-state index contributed by atoms with van der Waals surface area (Å²) in [6, 6.07) is 0. The summed E-state index contributed by atoms with van der Waals surface area (Å²) in [6.07, 6.45) is 3.13. The van der Waals surface area contributed by atoms with Crippen molar-refractivity contribution in [3.63, 3.8) is 0 Å². The lowest BCUT2D eigenvalue weighted by Gasteiger charge is -2.32. The van der Waals surface area contributed by atoms with Crippen LogP contribution < -0.4 is 0 Å². The Morgan fingerprint density at radius 1 is 1.29 bits per heavy atom. The van der Waals surface area contributed by atoms with E-state index < -0.39 is 0 Å². The Hall–Kier alpha value is -1.10. The molecule has 0 radical (unpaired) electrons. The van der Waals surface area contributed by atoms with E-state index in [-0.39, 0.29) is 23.9 Å². The molecule has 2 aliphatic rings. The molecule has 1 amide bonds. The number of piperidine rings is 1. The Balaban J connectivity index is 1.92. The van der Waals surface area contributed by atoms with Crippen LogP contribution in [0.1, 0.15) is 25.7 Å². The van der Waals surface area contributed by atoms with Crippen LogP contribution in [0, 0.1) is 5.92 Å². The summed E-state index contributed by atoms with van der Waals surface area (Å²) in [5.74, 6) is -0.343. The predicted molar refractivity (Wildman–Crippen MR) is 60.3 cm³/mol. The van der Waals surface area contributed by atoms with Gasteiger partial charge in [-0.2, -0.15) is 0 Å². The van der Waals surface area contributed by atoms with Crippen LogP contribution in [0.3, 0.4) is 0 Å². The Kier molecular flexibility index (Phi) is 3.99. The van der Waals surface area contributed by atoms with Gasteiger partial charge in [-0.15, -0.1) is 0 Å². The van der Waals surface area contributed by atoms with Crippen LogP contribution in [0.25, 0.3) is 0 Å². The molecule has 5 heteroatoms. The first-order valence-corrected chi connectivity index (χ1v) is 6.20. The third kappa shape index (κ3) is 2.77. The van der Waals surface area contributed by atoms with Crippen LogP contribution >= 0.6 is 0 Å². The van der Waals surface area contributed by atoms with Gasteiger partial charge in [-0.3, -0.25) is 9.59 Å². The molecular formula is C12H19NO4. The summed E-state index contributed by atoms with van der Waals surface area (Å²) in [5, 5.41) is 0. The van der Waals surface area contributed by atoms with E-state index in [1.807, 2.05) is 0 Å². The minimum atomic E-state index is -0.286. The molecule has 17 heavy (non-hydrogen) atoms. The smallest absolute Gasteiger partial charge is 0.310 e. The first kappa shape index (κ1) is 12.4. The summed E-state index contributed by atoms with van der Waals surface area (Å²) < 4.78 is 10.1. The Morgan fingerprint density at radius 2 is 2.12 bits per heavy atom. The van der Waals surface area contributed by atoms with Crippen molar-refractivity contribution in [3.05, 3.63) is 0 Å². The highest BCUT2D eigenvalue weighted by molar-refractivity contribution is 5.82. The zero-order chi connectivity index (χ0) is 12.3. The highest BCUT2D eigenvalue weighted by Gasteiger charge is 2.33. The van der Waals surface area contributed by atoms with Gasteiger partial charge in [0.1, 0.15) is 6.10 Å². The molecule has 0 aromatic carbocycles. The number of methoxy groups -OCH3 is 1. The molecule has 0 aromatic rings. The van der Waals surface area contributed by atoms with Gasteiger partial charge < -0.3 is 14.4 Å². The van der Waals surface area contributed by atoms with E-state index in [1.165, 1.54) is 7.11 Å². The molecule has 0 bridgehead atoms. The fraction of sp³-hybridized carbons (Fsp3) is 0.833. The quantitative estimate of drug-likeness (QED) is 0.663. The second-order valence-electron chi connectivity index (χ2n) is 4.65. The molecule has 2 heterocycles. The topological polar surface area (TPSA) is 55.8 Å². The van der Waals surface area contributed by atoms with E-state index in [0.717, 1.165) is 32.2 Å². The lowest BCUT2D eigenvalue weighted by molar-refractivity contribution is -0.151. The van der Waals surface area contributed by atoms with E-state index >= 15 is 0 Å². The lowest BCUT2D eigenvalue weighted by Crippen LogP contribution is -2.46. The number of ether oxygens (including phenoxy) is 2. The molecule has 1 unspecified atom stereocenters. The van der Waals surface area contributed by atoms with Crippen LogP contribution in [0.5, 0.6) is 0 Å². The van der Waals surface area contributed by atoms with Crippen LogP contribution in [0.2, 0.25) is 0 Å². The molecule has 2 saturated heterocycles. The van der Waals surface area contributed by atoms with Gasteiger partial charge in [0.15, 0.2) is 0 Å². The molecule has 5 nitrogen and oxygen atoms in total. The number of carbonyl (C=O) groups is 2. The van der Waals surface area contributed by atoms with Gasteiger partial charge in [-0.25, -0.2) is 0 Å². The second-order valence-corrected chi connectivity index (χ2v) is 4.65. The first-order chi connectivity index (χ1) is 8.22. The van der Waals surface area contributed by atoms with Gasteiger partial charge >= 0.3 is 5.97 Å². The molecular weight excluding hydrogens is 222 g/mol. The number of carbonyl (C=O) groups excluding carboxylic acids is 2. The van der Waals surface area contributed by atoms with E-state index in [4.69, 9.17) is 9.47 Å². The van der Waals surface area contributed by atoms with Gasteiger partial charge in [0, 0.05) is 19.7 Å². The van der Waals surface area contributed by atoms with Crippen molar-refractivity contribution in [2.24, 2.45) is 5.92 Å². The van der Waals surface area contributed by atoms with E-state index in [1.54, 1.807) is 4.90 Å². The monoisotopic (exact) mass is 241 g/mol. The number of esters is 1. The molecule has 2 rings (SSSR count). The number of hydrogen-bond donors (Lipinski definition) is 0. The highest BCUT2D eigenvalue weighted by atomic mass is 16.5. The van der Waals surface area contributed by atoms with Crippen molar-refractivity contribution in [2.75, 3.05) is 26.8 Å². The van der Waals surface area contributed by atoms with Crippen molar-refractivity contribution in [3.8, 4) is 0 Å². The molecule has 2 fully saturated rings. The Morgan fingerprint density at radius 3 is 2.76 bits per heavy atom. The average molecular weight is 241 g/mol. The molecule has 2 aliphatic heterocycles. The van der Waals surface area contributed by atoms with Gasteiger partial charge in [0.25, 0.3) is 5.91 Å². The summed E-state index contributed by atoms with van der Waals surface area (Å²) in [6.45, 7) is 1.88. The Bertz CT molecular complexity index is 299. The normalized spacial score (nSPS) is 29.1. The molecule has 0 aliphatic carbocycles. The molecule has 0 aromatic heterocycles. The zero-order valence-electron chi connectivity index (χ0n) is 10.2. The standard InChI is InChI=1S/C12H19NO4/c1-16-12(15)9-4-2-6-13(8-9)11(14)10-5-3-7-17-10/h9-10H,2-8H2,1H3/t9?,10-/m0/s1. The van der Waals surface area contributed by atoms with Gasteiger partial charge in [-0.1, -0.05) is 0 Å². The van der Waals surface area contributed by atoms with Gasteiger partial charge in [0.05, 0.1) is 13.0 Å². The largest absolute Gasteiger partial charge is 0.469 e. The summed E-state index contributed by atoms with van der Waals surface area (Å²) >= 11 is 0. The van der Waals surface area contributed by atoms with Gasteiger partial charge in [0.2, 0.25) is 0 Å². The van der Waals surface area contributed by atoms with E-state index in [9.17, 15) is 9.59 Å². The number of nitrogens with zero attached hydrogens (tertiary/aromatic N) is 1. The SMILES string of the molecule is COC(=O)C1CCCN(C(=O)[C@@H]2CCCO2)C1. The second kappa shape index (κ2) is 5.49. The minimum absolute atomic E-state index is 0.0381. The fourth-order valence-corrected chi connectivity index (χ4v) is 2.51. The molecule has 0 saturated carbocycles. The molecule has 96 valence electrons. The summed E-state index contributed by atoms with van der Waals surface area (Å²) in [4.78, 5) is 25.3. The minimum Gasteiger partial charge on any atom is -0.469 e. The van der Waals surface area contributed by atoms with Gasteiger partial charge in [-0.05, 0) is 25.7 Å². The third-order valence-electron chi connectivity index (χ3n) is 3.47. The van der Waals surface area contributed by atoms with Crippen molar-refractivity contribution in [1.82, 2.24) is 4.90 Å². The number of likely N-dealkylation sites (tertiary alicyclic amines) is 1. The van der Waals surface area contributed by atoms with E-state index in [0.29, 0.717) is 13.2 Å². The first-order valence-electron chi connectivity index (χ1n) is 6.20. The lowest BCUT2D eigenvalue weighted by atomic mass is 9.97. The summed E-state index contributed by atoms with van der Waals surface area (Å²) in [5.41, 5.74) is 0. The highest BCUT2D eigenvalue weighted by Crippen LogP contribution is 2.21. The van der Waals surface area contributed by atoms with E-state index in [2.05, 4.69) is 0 Å².